The fourth-order valence-corrected chi connectivity index (χ4v) is 1.72. The minimum Gasteiger partial charge on any atom is -0.481 e. The van der Waals surface area contributed by atoms with Crippen LogP contribution < -0.4 is 5.32 Å². The molecule has 0 radical (unpaired) electrons. The SMILES string of the molecule is CC(CN(C)CC(=O)Nc1cccc(C#N)c1)C(=O)O. The normalized spacial score (nSPS) is 11.7. The van der Waals surface area contributed by atoms with Gasteiger partial charge in [-0.1, -0.05) is 13.0 Å². The highest BCUT2D eigenvalue weighted by atomic mass is 16.4. The summed E-state index contributed by atoms with van der Waals surface area (Å²) in [6.45, 7) is 1.97. The predicted molar refractivity (Wildman–Crippen MR) is 74.1 cm³/mol. The molecule has 1 rings (SSSR count). The van der Waals surface area contributed by atoms with Gasteiger partial charge in [0.05, 0.1) is 24.1 Å². The monoisotopic (exact) mass is 275 g/mol. The van der Waals surface area contributed by atoms with Gasteiger partial charge in [-0.3, -0.25) is 14.5 Å². The van der Waals surface area contributed by atoms with E-state index in [-0.39, 0.29) is 12.5 Å². The highest BCUT2D eigenvalue weighted by Crippen LogP contribution is 2.09. The number of likely N-dealkylation sites (N-methyl/N-ethyl adjacent to an activating group) is 1. The molecule has 0 saturated heterocycles. The average Bonchev–Trinajstić information content (AvgIpc) is 2.38. The fourth-order valence-electron chi connectivity index (χ4n) is 1.72. The van der Waals surface area contributed by atoms with Crippen LogP contribution in [-0.4, -0.2) is 42.0 Å². The minimum absolute atomic E-state index is 0.0917. The molecular weight excluding hydrogens is 258 g/mol. The number of aliphatic carboxylic acids is 1. The molecule has 20 heavy (non-hydrogen) atoms. The number of rotatable bonds is 6. The summed E-state index contributed by atoms with van der Waals surface area (Å²) < 4.78 is 0. The molecule has 0 saturated carbocycles. The number of nitrogens with zero attached hydrogens (tertiary/aromatic N) is 2. The number of anilines is 1. The second kappa shape index (κ2) is 7.26. The summed E-state index contributed by atoms with van der Waals surface area (Å²) in [4.78, 5) is 24.2. The van der Waals surface area contributed by atoms with Crippen LogP contribution in [0, 0.1) is 17.2 Å². The lowest BCUT2D eigenvalue weighted by Gasteiger charge is -2.18. The molecule has 106 valence electrons. The van der Waals surface area contributed by atoms with E-state index in [1.54, 1.807) is 43.1 Å². The van der Waals surface area contributed by atoms with Gasteiger partial charge in [0.2, 0.25) is 5.91 Å². The first-order valence-corrected chi connectivity index (χ1v) is 6.13. The minimum atomic E-state index is -0.890. The van der Waals surface area contributed by atoms with Crippen molar-refractivity contribution in [2.45, 2.75) is 6.92 Å². The smallest absolute Gasteiger partial charge is 0.307 e. The molecule has 0 aliphatic carbocycles. The molecular formula is C14H17N3O3. The van der Waals surface area contributed by atoms with Gasteiger partial charge in [0.15, 0.2) is 0 Å². The van der Waals surface area contributed by atoms with Gasteiger partial charge < -0.3 is 10.4 Å². The summed E-state index contributed by atoms with van der Waals surface area (Å²) >= 11 is 0. The number of carboxylic acid groups (broad SMARTS) is 1. The summed E-state index contributed by atoms with van der Waals surface area (Å²) in [6.07, 6.45) is 0. The lowest BCUT2D eigenvalue weighted by Crippen LogP contribution is -2.35. The van der Waals surface area contributed by atoms with Crippen LogP contribution in [0.5, 0.6) is 0 Å². The zero-order valence-electron chi connectivity index (χ0n) is 11.5. The van der Waals surface area contributed by atoms with Crippen LogP contribution in [0.25, 0.3) is 0 Å². The van der Waals surface area contributed by atoms with E-state index in [1.807, 2.05) is 6.07 Å². The van der Waals surface area contributed by atoms with Crippen LogP contribution in [-0.2, 0) is 9.59 Å². The highest BCUT2D eigenvalue weighted by Gasteiger charge is 2.15. The fraction of sp³-hybridized carbons (Fsp3) is 0.357. The molecule has 6 nitrogen and oxygen atoms in total. The molecule has 0 aliphatic rings. The Labute approximate surface area is 117 Å². The summed E-state index contributed by atoms with van der Waals surface area (Å²) in [5.74, 6) is -1.67. The predicted octanol–water partition coefficient (Wildman–Crippen LogP) is 1.15. The molecule has 0 bridgehead atoms. The maximum absolute atomic E-state index is 11.8. The molecule has 2 N–H and O–H groups in total. The third-order valence-corrected chi connectivity index (χ3v) is 2.70. The maximum Gasteiger partial charge on any atom is 0.307 e. The van der Waals surface area contributed by atoms with Crippen molar-refractivity contribution >= 4 is 17.6 Å². The molecule has 1 unspecified atom stereocenters. The molecule has 0 heterocycles. The Hall–Kier alpha value is -2.39. The first-order chi connectivity index (χ1) is 9.42. The molecule has 0 spiro atoms. The summed E-state index contributed by atoms with van der Waals surface area (Å²) in [5, 5.41) is 20.2. The van der Waals surface area contributed by atoms with E-state index in [9.17, 15) is 9.59 Å². The maximum atomic E-state index is 11.8. The number of hydrogen-bond acceptors (Lipinski definition) is 4. The first-order valence-electron chi connectivity index (χ1n) is 6.13. The van der Waals surface area contributed by atoms with Gasteiger partial charge in [0.25, 0.3) is 0 Å². The van der Waals surface area contributed by atoms with Crippen LogP contribution in [0.2, 0.25) is 0 Å². The Kier molecular flexibility index (Phi) is 5.69. The Morgan fingerprint density at radius 3 is 2.80 bits per heavy atom. The number of benzene rings is 1. The van der Waals surface area contributed by atoms with Crippen molar-refractivity contribution < 1.29 is 14.7 Å². The van der Waals surface area contributed by atoms with Crippen molar-refractivity contribution in [3.8, 4) is 6.07 Å². The Morgan fingerprint density at radius 2 is 2.20 bits per heavy atom. The topological polar surface area (TPSA) is 93.4 Å². The molecule has 1 aromatic rings. The van der Waals surface area contributed by atoms with Crippen LogP contribution in [0.4, 0.5) is 5.69 Å². The number of amides is 1. The number of carbonyl (C=O) groups is 2. The van der Waals surface area contributed by atoms with Gasteiger partial charge in [-0.25, -0.2) is 0 Å². The third-order valence-electron chi connectivity index (χ3n) is 2.70. The van der Waals surface area contributed by atoms with Gasteiger partial charge >= 0.3 is 5.97 Å². The number of carbonyl (C=O) groups excluding carboxylic acids is 1. The standard InChI is InChI=1S/C14H17N3O3/c1-10(14(19)20)8-17(2)9-13(18)16-12-5-3-4-11(6-12)7-15/h3-6,10H,8-9H2,1-2H3,(H,16,18)(H,19,20). The average molecular weight is 275 g/mol. The van der Waals surface area contributed by atoms with Crippen molar-refractivity contribution in [2.75, 3.05) is 25.5 Å². The molecule has 1 aromatic carbocycles. The van der Waals surface area contributed by atoms with E-state index in [1.165, 1.54) is 0 Å². The lowest BCUT2D eigenvalue weighted by molar-refractivity contribution is -0.141. The van der Waals surface area contributed by atoms with Gasteiger partial charge in [-0.2, -0.15) is 5.26 Å². The first kappa shape index (κ1) is 15.7. The van der Waals surface area contributed by atoms with Gasteiger partial charge in [-0.15, -0.1) is 0 Å². The van der Waals surface area contributed by atoms with Gasteiger partial charge in [0.1, 0.15) is 0 Å². The van der Waals surface area contributed by atoms with E-state index < -0.39 is 11.9 Å². The van der Waals surface area contributed by atoms with Crippen LogP contribution >= 0.6 is 0 Å². The largest absolute Gasteiger partial charge is 0.481 e. The number of nitriles is 1. The highest BCUT2D eigenvalue weighted by molar-refractivity contribution is 5.92. The number of nitrogens with one attached hydrogen (secondary N) is 1. The quantitative estimate of drug-likeness (QED) is 0.812. The Balaban J connectivity index is 2.51. The van der Waals surface area contributed by atoms with E-state index in [0.29, 0.717) is 17.8 Å². The molecule has 0 fully saturated rings. The zero-order chi connectivity index (χ0) is 15.1. The van der Waals surface area contributed by atoms with Crippen molar-refractivity contribution in [3.63, 3.8) is 0 Å². The molecule has 0 aromatic heterocycles. The number of hydrogen-bond donors (Lipinski definition) is 2. The van der Waals surface area contributed by atoms with Crippen LogP contribution in [0.1, 0.15) is 12.5 Å². The van der Waals surface area contributed by atoms with Crippen LogP contribution in [0.3, 0.4) is 0 Å². The summed E-state index contributed by atoms with van der Waals surface area (Å²) in [6, 6.07) is 8.60. The van der Waals surface area contributed by atoms with Crippen LogP contribution in [0.15, 0.2) is 24.3 Å². The molecule has 1 atom stereocenters. The van der Waals surface area contributed by atoms with Crippen molar-refractivity contribution in [1.29, 1.82) is 5.26 Å². The molecule has 0 aliphatic heterocycles. The van der Waals surface area contributed by atoms with Gasteiger partial charge in [0, 0.05) is 12.2 Å². The Bertz CT molecular complexity index is 537. The van der Waals surface area contributed by atoms with E-state index in [2.05, 4.69) is 5.32 Å². The Morgan fingerprint density at radius 1 is 1.50 bits per heavy atom. The molecule has 1 amide bonds. The van der Waals surface area contributed by atoms with Crippen molar-refractivity contribution in [2.24, 2.45) is 5.92 Å². The van der Waals surface area contributed by atoms with E-state index >= 15 is 0 Å². The second-order valence-electron chi connectivity index (χ2n) is 4.68. The zero-order valence-corrected chi connectivity index (χ0v) is 11.5. The molecule has 6 heteroatoms. The second-order valence-corrected chi connectivity index (χ2v) is 4.68. The summed E-state index contributed by atoms with van der Waals surface area (Å²) in [7, 11) is 1.69. The summed E-state index contributed by atoms with van der Waals surface area (Å²) in [5.41, 5.74) is 1.02. The van der Waals surface area contributed by atoms with Crippen molar-refractivity contribution in [1.82, 2.24) is 4.90 Å². The van der Waals surface area contributed by atoms with E-state index in [4.69, 9.17) is 10.4 Å². The third kappa shape index (κ3) is 5.08. The van der Waals surface area contributed by atoms with E-state index in [0.717, 1.165) is 0 Å². The van der Waals surface area contributed by atoms with Crippen molar-refractivity contribution in [3.05, 3.63) is 29.8 Å². The lowest BCUT2D eigenvalue weighted by atomic mass is 10.2. The van der Waals surface area contributed by atoms with Gasteiger partial charge in [-0.05, 0) is 25.2 Å². The number of carboxylic acids is 1.